The van der Waals surface area contributed by atoms with Gasteiger partial charge in [0.05, 0.1) is 11.5 Å². The van der Waals surface area contributed by atoms with Gasteiger partial charge in [-0.2, -0.15) is 0 Å². The van der Waals surface area contributed by atoms with Crippen LogP contribution in [0.25, 0.3) is 0 Å². The number of Topliss-reactive ketones (excluding diaryl/α,β-unsaturated/α-hetero) is 1. The molecule has 3 unspecified atom stereocenters. The average molecular weight is 864 g/mol. The summed E-state index contributed by atoms with van der Waals surface area (Å²) >= 11 is 0. The first kappa shape index (κ1) is 49.1. The Hall–Kier alpha value is -4.57. The quantitative estimate of drug-likeness (QED) is 0.0405. The van der Waals surface area contributed by atoms with Crippen molar-refractivity contribution in [2.45, 2.75) is 90.1 Å². The molecular weight excluding hydrogens is 810 g/mol. The molecule has 0 aliphatic heterocycles. The second-order valence-corrected chi connectivity index (χ2v) is 16.8. The van der Waals surface area contributed by atoms with Crippen LogP contribution in [0, 0.1) is 18.3 Å². The number of esters is 1. The third kappa shape index (κ3) is 13.2. The van der Waals surface area contributed by atoms with Gasteiger partial charge in [-0.1, -0.05) is 56.7 Å². The van der Waals surface area contributed by atoms with Crippen LogP contribution in [0.4, 0.5) is 21.9 Å². The number of nitrogens with one attached hydrogen (secondary N) is 2. The number of hydrogen-bond acceptors (Lipinski definition) is 11. The Labute approximate surface area is 380 Å². The molecule has 13 nitrogen and oxygen atoms in total. The standard InChI is InChI=1S/C46H55N3O10S.Na/c1-5-35(27-32(4)43(52)47-37-16-21-40(22-17-37)60(55,56)57)36-14-10-33(11-15-36)29-46(24-8-7-9-42(46)51)44(53)59-39-19-12-34(13-20-39)30-58-45(54)48-41-23-18-38(28-31(41)3)49(6-2)25-26-50;/h10-23,28,32,35,50H,5-9,24-27,29-30H2,1-4H3,(H,47,52)(H,48,54)(H,55,56,57);/q;+1/p-1. The molecule has 4 aromatic carbocycles. The van der Waals surface area contributed by atoms with Gasteiger partial charge in [0.1, 0.15) is 27.9 Å². The molecular formula is C46H54N3NaO10S. The number of hydrogen-bond donors (Lipinski definition) is 3. The van der Waals surface area contributed by atoms with E-state index < -0.39 is 27.6 Å². The van der Waals surface area contributed by atoms with Crippen molar-refractivity contribution in [2.24, 2.45) is 11.3 Å². The minimum atomic E-state index is -4.59. The van der Waals surface area contributed by atoms with E-state index in [-0.39, 0.29) is 89.8 Å². The molecule has 5 rings (SSSR count). The average Bonchev–Trinajstić information content (AvgIpc) is 3.23. The van der Waals surface area contributed by atoms with Crippen molar-refractivity contribution in [1.82, 2.24) is 0 Å². The van der Waals surface area contributed by atoms with E-state index in [1.165, 1.54) is 12.1 Å². The van der Waals surface area contributed by atoms with Crippen LogP contribution in [0.1, 0.15) is 87.5 Å². The summed E-state index contributed by atoms with van der Waals surface area (Å²) in [6.07, 6.45) is 2.95. The number of ketones is 1. The minimum absolute atomic E-state index is 0. The zero-order valence-corrected chi connectivity index (χ0v) is 38.4. The van der Waals surface area contributed by atoms with Crippen molar-refractivity contribution in [3.8, 4) is 5.75 Å². The number of benzene rings is 4. The molecule has 0 heterocycles. The maximum absolute atomic E-state index is 13.9. The molecule has 2 amide bonds. The van der Waals surface area contributed by atoms with Gasteiger partial charge in [0.25, 0.3) is 0 Å². The van der Waals surface area contributed by atoms with E-state index >= 15 is 0 Å². The second-order valence-electron chi connectivity index (χ2n) is 15.4. The summed E-state index contributed by atoms with van der Waals surface area (Å²) in [5.74, 6) is -1.05. The molecule has 320 valence electrons. The van der Waals surface area contributed by atoms with Crippen molar-refractivity contribution in [1.29, 1.82) is 0 Å². The predicted octanol–water partition coefficient (Wildman–Crippen LogP) is 4.91. The molecule has 1 aliphatic carbocycles. The number of carbonyl (C=O) groups is 4. The van der Waals surface area contributed by atoms with Crippen LogP contribution in [-0.4, -0.2) is 61.5 Å². The van der Waals surface area contributed by atoms with Crippen LogP contribution in [0.15, 0.2) is 95.9 Å². The van der Waals surface area contributed by atoms with Crippen LogP contribution in [0.2, 0.25) is 0 Å². The molecule has 1 saturated carbocycles. The van der Waals surface area contributed by atoms with Crippen LogP contribution < -0.4 is 49.8 Å². The summed E-state index contributed by atoms with van der Waals surface area (Å²) in [5, 5.41) is 14.9. The summed E-state index contributed by atoms with van der Waals surface area (Å²) in [5.41, 5.74) is 3.96. The van der Waals surface area contributed by atoms with Crippen molar-refractivity contribution >= 4 is 50.9 Å². The number of carbonyl (C=O) groups excluding carboxylic acids is 4. The smallest absolute Gasteiger partial charge is 0.744 e. The van der Waals surface area contributed by atoms with Gasteiger partial charge in [-0.3, -0.25) is 19.7 Å². The zero-order valence-electron chi connectivity index (χ0n) is 35.6. The third-order valence-electron chi connectivity index (χ3n) is 11.2. The van der Waals surface area contributed by atoms with Crippen molar-refractivity contribution < 1.29 is 76.3 Å². The maximum Gasteiger partial charge on any atom is 1.00 e. The Balaban J connectivity index is 0.00000819. The van der Waals surface area contributed by atoms with Crippen molar-refractivity contribution in [3.05, 3.63) is 113 Å². The van der Waals surface area contributed by atoms with E-state index in [0.29, 0.717) is 49.2 Å². The zero-order chi connectivity index (χ0) is 43.5. The summed E-state index contributed by atoms with van der Waals surface area (Å²) in [6, 6.07) is 25.1. The number of nitrogens with zero attached hydrogens (tertiary/aromatic N) is 1. The molecule has 3 N–H and O–H groups in total. The summed E-state index contributed by atoms with van der Waals surface area (Å²) in [4.78, 5) is 54.7. The van der Waals surface area contributed by atoms with E-state index in [2.05, 4.69) is 10.6 Å². The number of amides is 2. The van der Waals surface area contributed by atoms with E-state index in [9.17, 15) is 37.3 Å². The molecule has 3 atom stereocenters. The van der Waals surface area contributed by atoms with Crippen LogP contribution in [0.3, 0.4) is 0 Å². The summed E-state index contributed by atoms with van der Waals surface area (Å²) in [7, 11) is -4.59. The van der Waals surface area contributed by atoms with E-state index in [0.717, 1.165) is 47.5 Å². The molecule has 15 heteroatoms. The molecule has 0 bridgehead atoms. The minimum Gasteiger partial charge on any atom is -0.744 e. The van der Waals surface area contributed by atoms with Crippen molar-refractivity contribution in [2.75, 3.05) is 35.2 Å². The Morgan fingerprint density at radius 1 is 0.918 bits per heavy atom. The summed E-state index contributed by atoms with van der Waals surface area (Å²) < 4.78 is 45.0. The van der Waals surface area contributed by atoms with Gasteiger partial charge in [0.2, 0.25) is 5.91 Å². The van der Waals surface area contributed by atoms with Crippen LogP contribution >= 0.6 is 0 Å². The molecule has 0 radical (unpaired) electrons. The molecule has 61 heavy (non-hydrogen) atoms. The maximum atomic E-state index is 13.9. The summed E-state index contributed by atoms with van der Waals surface area (Å²) in [6.45, 7) is 9.02. The topological polar surface area (TPSA) is 191 Å². The molecule has 1 fully saturated rings. The third-order valence-corrected chi connectivity index (χ3v) is 12.0. The van der Waals surface area contributed by atoms with E-state index in [1.807, 2.05) is 69.0 Å². The fourth-order valence-electron chi connectivity index (χ4n) is 7.59. The Kier molecular flexibility index (Phi) is 18.1. The molecule has 0 spiro atoms. The largest absolute Gasteiger partial charge is 1.00 e. The number of ether oxygens (including phenoxy) is 2. The number of anilines is 3. The van der Waals surface area contributed by atoms with E-state index in [4.69, 9.17) is 9.47 Å². The van der Waals surface area contributed by atoms with Gasteiger partial charge in [-0.15, -0.1) is 0 Å². The van der Waals surface area contributed by atoms with Gasteiger partial charge < -0.3 is 29.3 Å². The SMILES string of the molecule is CCC(CC(C)C(=O)Nc1ccc(S(=O)(=O)[O-])cc1)c1ccc(CC2(C(=O)Oc3ccc(COC(=O)Nc4ccc(N(CC)CCO)cc4C)cc3)CCCCC2=O)cc1.[Na+]. The van der Waals surface area contributed by atoms with Crippen LogP contribution in [-0.2, 0) is 42.3 Å². The normalized spacial score (nSPS) is 16.1. The number of aliphatic hydroxyl groups is 1. The number of rotatable bonds is 18. The Morgan fingerprint density at radius 3 is 2.18 bits per heavy atom. The number of likely N-dealkylation sites (N-methyl/N-ethyl adjacent to an activating group) is 1. The van der Waals surface area contributed by atoms with Gasteiger partial charge >= 0.3 is 41.6 Å². The number of aryl methyl sites for hydroxylation is 1. The van der Waals surface area contributed by atoms with E-state index in [1.54, 1.807) is 30.3 Å². The van der Waals surface area contributed by atoms with Crippen LogP contribution in [0.5, 0.6) is 5.75 Å². The first-order valence-corrected chi connectivity index (χ1v) is 21.8. The van der Waals surface area contributed by atoms with Gasteiger partial charge in [0, 0.05) is 42.5 Å². The molecule has 1 aliphatic rings. The molecule has 0 aromatic heterocycles. The monoisotopic (exact) mass is 863 g/mol. The number of aliphatic hydroxyl groups excluding tert-OH is 1. The Morgan fingerprint density at radius 2 is 1.59 bits per heavy atom. The predicted molar refractivity (Wildman–Crippen MR) is 228 cm³/mol. The second kappa shape index (κ2) is 22.5. The fraction of sp³-hybridized carbons (Fsp3) is 0.391. The van der Waals surface area contributed by atoms with Gasteiger partial charge in [-0.05, 0) is 129 Å². The van der Waals surface area contributed by atoms with Gasteiger partial charge in [0.15, 0.2) is 5.78 Å². The fourth-order valence-corrected chi connectivity index (χ4v) is 8.06. The van der Waals surface area contributed by atoms with Crippen molar-refractivity contribution in [3.63, 3.8) is 0 Å². The first-order chi connectivity index (χ1) is 28.6. The Bertz CT molecular complexity index is 2240. The van der Waals surface area contributed by atoms with Gasteiger partial charge in [-0.25, -0.2) is 13.2 Å². The molecule has 0 saturated heterocycles. The first-order valence-electron chi connectivity index (χ1n) is 20.4. The molecule has 4 aromatic rings.